The van der Waals surface area contributed by atoms with Gasteiger partial charge in [-0.3, -0.25) is 4.79 Å². The summed E-state index contributed by atoms with van der Waals surface area (Å²) in [5, 5.41) is 0.989. The van der Waals surface area contributed by atoms with E-state index in [0.29, 0.717) is 25.3 Å². The predicted octanol–water partition coefficient (Wildman–Crippen LogP) is 6.16. The van der Waals surface area contributed by atoms with Crippen molar-refractivity contribution in [2.45, 2.75) is 25.2 Å². The number of aromatic nitrogens is 1. The van der Waals surface area contributed by atoms with E-state index in [9.17, 15) is 18.0 Å². The molecule has 0 aliphatic carbocycles. The van der Waals surface area contributed by atoms with Crippen LogP contribution in [0.25, 0.3) is 10.9 Å². The van der Waals surface area contributed by atoms with Crippen molar-refractivity contribution in [1.82, 2.24) is 9.88 Å². The summed E-state index contributed by atoms with van der Waals surface area (Å²) < 4.78 is 57.3. The lowest BCUT2D eigenvalue weighted by atomic mass is 9.96. The Morgan fingerprint density at radius 1 is 1.03 bits per heavy atom. The van der Waals surface area contributed by atoms with Crippen LogP contribution in [0, 0.1) is 0 Å². The third-order valence-electron chi connectivity index (χ3n) is 6.86. The third-order valence-corrected chi connectivity index (χ3v) is 6.86. The number of alkyl halides is 3. The number of carbonyl (C=O) groups excluding carboxylic acids is 1. The zero-order chi connectivity index (χ0) is 26.9. The molecule has 6 nitrogen and oxygen atoms in total. The maximum Gasteiger partial charge on any atom is 0.419 e. The molecule has 1 aromatic heterocycles. The van der Waals surface area contributed by atoms with Crippen LogP contribution in [0.3, 0.4) is 0 Å². The van der Waals surface area contributed by atoms with Crippen LogP contribution in [0.15, 0.2) is 66.7 Å². The fourth-order valence-electron chi connectivity index (χ4n) is 4.98. The summed E-state index contributed by atoms with van der Waals surface area (Å²) in [5.74, 6) is -0.122. The van der Waals surface area contributed by atoms with E-state index >= 15 is 0 Å². The maximum absolute atomic E-state index is 13.7. The highest BCUT2D eigenvalue weighted by atomic mass is 19.4. The van der Waals surface area contributed by atoms with E-state index in [1.807, 2.05) is 48.5 Å². The van der Waals surface area contributed by atoms with Crippen LogP contribution in [0.4, 0.5) is 13.2 Å². The van der Waals surface area contributed by atoms with Crippen molar-refractivity contribution in [1.29, 1.82) is 0 Å². The summed E-state index contributed by atoms with van der Waals surface area (Å²) in [4.78, 5) is 18.7. The van der Waals surface area contributed by atoms with Crippen molar-refractivity contribution in [2.75, 3.05) is 27.4 Å². The maximum atomic E-state index is 13.7. The normalized spacial score (nSPS) is 15.4. The summed E-state index contributed by atoms with van der Waals surface area (Å²) in [6.07, 6.45) is -4.13. The van der Waals surface area contributed by atoms with Crippen molar-refractivity contribution >= 4 is 16.8 Å². The molecular weight excluding hydrogens is 497 g/mol. The van der Waals surface area contributed by atoms with E-state index in [2.05, 4.69) is 4.98 Å². The molecule has 1 aliphatic rings. The van der Waals surface area contributed by atoms with Gasteiger partial charge in [-0.1, -0.05) is 30.3 Å². The minimum atomic E-state index is -4.66. The lowest BCUT2D eigenvalue weighted by Crippen LogP contribution is -2.42. The Morgan fingerprint density at radius 3 is 2.53 bits per heavy atom. The first-order valence-electron chi connectivity index (χ1n) is 12.2. The van der Waals surface area contributed by atoms with Crippen molar-refractivity contribution in [3.05, 3.63) is 94.7 Å². The molecule has 9 heteroatoms. The Balaban J connectivity index is 1.50. The van der Waals surface area contributed by atoms with Gasteiger partial charge >= 0.3 is 6.18 Å². The Bertz CT molecular complexity index is 1450. The second-order valence-corrected chi connectivity index (χ2v) is 9.11. The number of aromatic amines is 1. The van der Waals surface area contributed by atoms with Gasteiger partial charge < -0.3 is 24.1 Å². The number of hydrogen-bond acceptors (Lipinski definition) is 4. The molecule has 4 aromatic rings. The predicted molar refractivity (Wildman–Crippen MR) is 136 cm³/mol. The van der Waals surface area contributed by atoms with Crippen LogP contribution in [0.5, 0.6) is 11.5 Å². The average molecular weight is 525 g/mol. The zero-order valence-electron chi connectivity index (χ0n) is 21.0. The number of fused-ring (bicyclic) bond motifs is 3. The molecule has 0 fully saturated rings. The van der Waals surface area contributed by atoms with Gasteiger partial charge in [-0.2, -0.15) is 13.2 Å². The summed E-state index contributed by atoms with van der Waals surface area (Å²) in [5.41, 5.74) is 2.67. The number of ether oxygens (including phenoxy) is 3. The fraction of sp³-hybridized carbons (Fsp3) is 0.276. The summed E-state index contributed by atoms with van der Waals surface area (Å²) in [7, 11) is 2.77. The molecule has 1 atom stereocenters. The molecule has 3 aromatic carbocycles. The van der Waals surface area contributed by atoms with Crippen LogP contribution < -0.4 is 9.47 Å². The highest BCUT2D eigenvalue weighted by Crippen LogP contribution is 2.39. The van der Waals surface area contributed by atoms with Gasteiger partial charge in [0.2, 0.25) is 0 Å². The molecule has 1 aliphatic heterocycles. The van der Waals surface area contributed by atoms with Crippen LogP contribution in [0.1, 0.15) is 38.8 Å². The first-order valence-corrected chi connectivity index (χ1v) is 12.2. The number of rotatable bonds is 7. The largest absolute Gasteiger partial charge is 0.497 e. The molecule has 38 heavy (non-hydrogen) atoms. The van der Waals surface area contributed by atoms with Crippen LogP contribution >= 0.6 is 0 Å². The standard InChI is InChI=1S/C29H27F3N2O4/c1-36-20-9-10-24-22(15-20)21-12-13-34(25(27(21)33-24)17-38-16-18-6-4-3-5-7-18)28(35)19-8-11-26(37-2)23(14-19)29(30,31)32/h3-11,14-15,25,33H,12-13,16-17H2,1-2H3. The summed E-state index contributed by atoms with van der Waals surface area (Å²) in [6, 6.07) is 18.2. The van der Waals surface area contributed by atoms with Crippen molar-refractivity contribution in [3.8, 4) is 11.5 Å². The Morgan fingerprint density at radius 2 is 1.82 bits per heavy atom. The molecule has 198 valence electrons. The molecule has 0 radical (unpaired) electrons. The van der Waals surface area contributed by atoms with Gasteiger partial charge in [0.05, 0.1) is 39.0 Å². The van der Waals surface area contributed by atoms with Crippen molar-refractivity contribution < 1.29 is 32.2 Å². The minimum absolute atomic E-state index is 0.0626. The minimum Gasteiger partial charge on any atom is -0.497 e. The molecule has 0 saturated heterocycles. The van der Waals surface area contributed by atoms with Crippen LogP contribution in [0.2, 0.25) is 0 Å². The van der Waals surface area contributed by atoms with Crippen LogP contribution in [-0.2, 0) is 23.9 Å². The second-order valence-electron chi connectivity index (χ2n) is 9.11. The molecular formula is C29H27F3N2O4. The number of hydrogen-bond donors (Lipinski definition) is 1. The summed E-state index contributed by atoms with van der Waals surface area (Å²) in [6.45, 7) is 0.826. The van der Waals surface area contributed by atoms with Gasteiger partial charge in [-0.25, -0.2) is 0 Å². The van der Waals surface area contributed by atoms with E-state index in [-0.39, 0.29) is 17.9 Å². The smallest absolute Gasteiger partial charge is 0.419 e. The van der Waals surface area contributed by atoms with Gasteiger partial charge in [0.25, 0.3) is 5.91 Å². The number of H-pyrrole nitrogens is 1. The van der Waals surface area contributed by atoms with Gasteiger partial charge in [0.1, 0.15) is 11.5 Å². The first-order chi connectivity index (χ1) is 18.3. The number of carbonyl (C=O) groups is 1. The van der Waals surface area contributed by atoms with E-state index in [0.717, 1.165) is 33.8 Å². The fourth-order valence-corrected chi connectivity index (χ4v) is 4.98. The highest BCUT2D eigenvalue weighted by Gasteiger charge is 2.38. The first kappa shape index (κ1) is 25.7. The number of nitrogens with zero attached hydrogens (tertiary/aromatic N) is 1. The lowest BCUT2D eigenvalue weighted by Gasteiger charge is -2.36. The van der Waals surface area contributed by atoms with Gasteiger partial charge in [0.15, 0.2) is 0 Å². The van der Waals surface area contributed by atoms with Gasteiger partial charge in [0, 0.05) is 28.7 Å². The Kier molecular flexibility index (Phi) is 7.03. The Labute approximate surface area is 217 Å². The molecule has 1 amide bonds. The molecule has 5 rings (SSSR count). The number of methoxy groups -OCH3 is 2. The van der Waals surface area contributed by atoms with E-state index in [1.165, 1.54) is 19.2 Å². The van der Waals surface area contributed by atoms with Crippen molar-refractivity contribution in [3.63, 3.8) is 0 Å². The molecule has 0 spiro atoms. The quantitative estimate of drug-likeness (QED) is 0.315. The van der Waals surface area contributed by atoms with Crippen LogP contribution in [-0.4, -0.2) is 43.2 Å². The highest BCUT2D eigenvalue weighted by molar-refractivity contribution is 5.96. The second kappa shape index (κ2) is 10.4. The third kappa shape index (κ3) is 4.93. The van der Waals surface area contributed by atoms with Gasteiger partial charge in [-0.15, -0.1) is 0 Å². The van der Waals surface area contributed by atoms with Gasteiger partial charge in [-0.05, 0) is 53.9 Å². The lowest BCUT2D eigenvalue weighted by molar-refractivity contribution is -0.138. The topological polar surface area (TPSA) is 63.8 Å². The molecule has 1 unspecified atom stereocenters. The molecule has 2 heterocycles. The van der Waals surface area contributed by atoms with E-state index in [4.69, 9.17) is 14.2 Å². The number of benzene rings is 3. The molecule has 0 saturated carbocycles. The molecule has 0 bridgehead atoms. The molecule has 1 N–H and O–H groups in total. The number of nitrogens with one attached hydrogen (secondary N) is 1. The SMILES string of the molecule is COc1ccc2[nH]c3c(c2c1)CCN(C(=O)c1ccc(OC)c(C(F)(F)F)c1)C3COCc1ccccc1. The average Bonchev–Trinajstić information content (AvgIpc) is 3.30. The van der Waals surface area contributed by atoms with Crippen molar-refractivity contribution in [2.24, 2.45) is 0 Å². The Hall–Kier alpha value is -3.98. The summed E-state index contributed by atoms with van der Waals surface area (Å²) >= 11 is 0. The number of amides is 1. The van der Waals surface area contributed by atoms with E-state index in [1.54, 1.807) is 12.0 Å². The van der Waals surface area contributed by atoms with E-state index < -0.39 is 23.7 Å². The monoisotopic (exact) mass is 524 g/mol. The number of halogens is 3. The zero-order valence-corrected chi connectivity index (χ0v) is 21.0.